The summed E-state index contributed by atoms with van der Waals surface area (Å²) in [4.78, 5) is 27.0. The molecule has 2 N–H and O–H groups in total. The molecule has 2 fully saturated rings. The molecule has 0 amide bonds. The van der Waals surface area contributed by atoms with Crippen LogP contribution in [0.25, 0.3) is 16.9 Å². The van der Waals surface area contributed by atoms with Crippen molar-refractivity contribution in [3.63, 3.8) is 0 Å². The lowest BCUT2D eigenvalue weighted by Gasteiger charge is -2.35. The Bertz CT molecular complexity index is 1590. The van der Waals surface area contributed by atoms with Crippen molar-refractivity contribution in [1.82, 2.24) is 24.3 Å². The van der Waals surface area contributed by atoms with Crippen molar-refractivity contribution in [2.24, 2.45) is 0 Å². The minimum atomic E-state index is -1.15. The Balaban J connectivity index is 1.28. The van der Waals surface area contributed by atoms with Crippen molar-refractivity contribution < 1.29 is 14.6 Å². The third-order valence-corrected chi connectivity index (χ3v) is 7.75. The topological polar surface area (TPSA) is 116 Å². The molecule has 1 spiro atoms. The van der Waals surface area contributed by atoms with E-state index in [1.807, 2.05) is 12.1 Å². The molecule has 4 aromatic rings. The van der Waals surface area contributed by atoms with Crippen LogP contribution in [0.2, 0.25) is 0 Å². The van der Waals surface area contributed by atoms with Gasteiger partial charge in [-0.2, -0.15) is 4.98 Å². The van der Waals surface area contributed by atoms with E-state index in [1.165, 1.54) is 16.4 Å². The molecular weight excluding hydrogens is 508 g/mol. The van der Waals surface area contributed by atoms with Gasteiger partial charge in [0.1, 0.15) is 11.0 Å². The third-order valence-electron chi connectivity index (χ3n) is 7.75. The number of anilines is 2. The monoisotopic (exact) mass is 542 g/mol. The molecule has 2 aliphatic rings. The molecule has 40 heavy (non-hydrogen) atoms. The van der Waals surface area contributed by atoms with Crippen molar-refractivity contribution in [2.45, 2.75) is 63.4 Å². The molecule has 1 aromatic carbocycles. The van der Waals surface area contributed by atoms with E-state index in [2.05, 4.69) is 34.0 Å². The van der Waals surface area contributed by atoms with Gasteiger partial charge in [0.2, 0.25) is 5.95 Å². The summed E-state index contributed by atoms with van der Waals surface area (Å²) in [6.45, 7) is 8.78. The van der Waals surface area contributed by atoms with Crippen LogP contribution >= 0.6 is 0 Å². The van der Waals surface area contributed by atoms with Crippen LogP contribution in [-0.4, -0.2) is 48.4 Å². The number of hydrogen-bond acceptors (Lipinski definition) is 8. The van der Waals surface area contributed by atoms with E-state index >= 15 is 0 Å². The summed E-state index contributed by atoms with van der Waals surface area (Å²) in [7, 11) is 0. The second-order valence-corrected chi connectivity index (χ2v) is 11.0. The second-order valence-electron chi connectivity index (χ2n) is 11.0. The fourth-order valence-corrected chi connectivity index (χ4v) is 5.63. The molecule has 10 nitrogen and oxygen atoms in total. The van der Waals surface area contributed by atoms with Gasteiger partial charge in [-0.3, -0.25) is 4.79 Å². The molecule has 0 atom stereocenters. The minimum absolute atomic E-state index is 0.246. The molecule has 3 aromatic heterocycles. The van der Waals surface area contributed by atoms with E-state index in [0.29, 0.717) is 47.6 Å². The quantitative estimate of drug-likeness (QED) is 0.327. The van der Waals surface area contributed by atoms with E-state index in [9.17, 15) is 9.90 Å². The molecule has 1 aliphatic heterocycles. The van der Waals surface area contributed by atoms with E-state index < -0.39 is 5.60 Å². The van der Waals surface area contributed by atoms with Gasteiger partial charge < -0.3 is 19.9 Å². The summed E-state index contributed by atoms with van der Waals surface area (Å²) in [6, 6.07) is 13.7. The number of nitrogens with zero attached hydrogens (tertiary/aromatic N) is 5. The maximum atomic E-state index is 13.2. The Labute approximate surface area is 232 Å². The molecule has 4 heterocycles. The molecule has 0 bridgehead atoms. The third kappa shape index (κ3) is 4.94. The Morgan fingerprint density at radius 2 is 1.85 bits per heavy atom. The normalized spacial score (nSPS) is 17.5. The number of pyridine rings is 1. The lowest BCUT2D eigenvalue weighted by atomic mass is 9.81. The first kappa shape index (κ1) is 26.4. The van der Waals surface area contributed by atoms with Gasteiger partial charge >= 0.3 is 0 Å². The summed E-state index contributed by atoms with van der Waals surface area (Å²) in [5.74, 6) is 0.944. The molecule has 1 aliphatic carbocycles. The molecule has 0 radical (unpaired) electrons. The SMILES string of the molecule is C=CCn1c(=O)c2cnc(Nc3ccc(C4CCC5(CC4)OCCO5)cc3)nc2n1-c1cccc(C(C)(C)O)n1. The van der Waals surface area contributed by atoms with Gasteiger partial charge in [-0.05, 0) is 62.4 Å². The summed E-state index contributed by atoms with van der Waals surface area (Å²) in [5, 5.41) is 14.1. The van der Waals surface area contributed by atoms with Crippen LogP contribution in [0.4, 0.5) is 11.6 Å². The molecule has 1 saturated carbocycles. The Morgan fingerprint density at radius 3 is 2.52 bits per heavy atom. The van der Waals surface area contributed by atoms with Crippen molar-refractivity contribution >= 4 is 22.7 Å². The van der Waals surface area contributed by atoms with Crippen LogP contribution in [0.3, 0.4) is 0 Å². The zero-order chi connectivity index (χ0) is 27.9. The Morgan fingerprint density at radius 1 is 1.12 bits per heavy atom. The summed E-state index contributed by atoms with van der Waals surface area (Å²) in [6.07, 6.45) is 7.09. The predicted octanol–water partition coefficient (Wildman–Crippen LogP) is 4.53. The second kappa shape index (κ2) is 10.3. The van der Waals surface area contributed by atoms with E-state index in [-0.39, 0.29) is 17.9 Å². The maximum absolute atomic E-state index is 13.2. The standard InChI is InChI=1S/C30H34N6O4/c1-4-16-35-27(37)23-19-31-28(34-26(23)36(35)25-7-5-6-24(33-25)29(2,3)38)32-22-10-8-20(9-11-22)21-12-14-30(15-13-21)39-17-18-40-30/h4-11,19,21,38H,1,12-18H2,2-3H3,(H,31,32,34). The molecule has 6 rings (SSSR count). The number of nitrogens with one attached hydrogen (secondary N) is 1. The molecule has 1 saturated heterocycles. The number of aromatic nitrogens is 5. The first-order valence-corrected chi connectivity index (χ1v) is 13.7. The van der Waals surface area contributed by atoms with Crippen LogP contribution in [0.5, 0.6) is 0 Å². The largest absolute Gasteiger partial charge is 0.384 e. The average Bonchev–Trinajstić information content (AvgIpc) is 3.51. The van der Waals surface area contributed by atoms with Gasteiger partial charge in [0.25, 0.3) is 5.56 Å². The van der Waals surface area contributed by atoms with Gasteiger partial charge in [-0.1, -0.05) is 24.3 Å². The van der Waals surface area contributed by atoms with E-state index in [0.717, 1.165) is 31.4 Å². The van der Waals surface area contributed by atoms with Crippen molar-refractivity contribution in [3.8, 4) is 5.82 Å². The van der Waals surface area contributed by atoms with Crippen LogP contribution in [0, 0.1) is 0 Å². The van der Waals surface area contributed by atoms with Crippen LogP contribution in [0.15, 0.2) is 66.1 Å². The minimum Gasteiger partial charge on any atom is -0.384 e. The van der Waals surface area contributed by atoms with Gasteiger partial charge in [0.05, 0.1) is 25.5 Å². The zero-order valence-corrected chi connectivity index (χ0v) is 22.8. The number of benzene rings is 1. The maximum Gasteiger partial charge on any atom is 0.278 e. The van der Waals surface area contributed by atoms with Crippen molar-refractivity contribution in [2.75, 3.05) is 18.5 Å². The Kier molecular flexibility index (Phi) is 6.77. The lowest BCUT2D eigenvalue weighted by Crippen LogP contribution is -2.34. The van der Waals surface area contributed by atoms with Crippen molar-refractivity contribution in [3.05, 3.63) is 82.9 Å². The van der Waals surface area contributed by atoms with Crippen molar-refractivity contribution in [1.29, 1.82) is 0 Å². The molecule has 208 valence electrons. The number of fused-ring (bicyclic) bond motifs is 1. The average molecular weight is 543 g/mol. The fraction of sp³-hybridized carbons (Fsp3) is 0.400. The van der Waals surface area contributed by atoms with Crippen LogP contribution in [-0.2, 0) is 21.6 Å². The highest BCUT2D eigenvalue weighted by molar-refractivity contribution is 5.77. The van der Waals surface area contributed by atoms with Gasteiger partial charge in [-0.15, -0.1) is 6.58 Å². The van der Waals surface area contributed by atoms with E-state index in [1.54, 1.807) is 42.8 Å². The van der Waals surface area contributed by atoms with E-state index in [4.69, 9.17) is 14.5 Å². The highest BCUT2D eigenvalue weighted by atomic mass is 16.7. The number of rotatable bonds is 7. The number of allylic oxidation sites excluding steroid dienone is 1. The summed E-state index contributed by atoms with van der Waals surface area (Å²) >= 11 is 0. The van der Waals surface area contributed by atoms with Gasteiger partial charge in [-0.25, -0.2) is 19.3 Å². The van der Waals surface area contributed by atoms with Gasteiger partial charge in [0.15, 0.2) is 17.3 Å². The smallest absolute Gasteiger partial charge is 0.278 e. The molecule has 10 heteroatoms. The first-order chi connectivity index (χ1) is 19.3. The first-order valence-electron chi connectivity index (χ1n) is 13.7. The highest BCUT2D eigenvalue weighted by Crippen LogP contribution is 2.42. The number of hydrogen-bond donors (Lipinski definition) is 2. The summed E-state index contributed by atoms with van der Waals surface area (Å²) in [5.41, 5.74) is 1.64. The van der Waals surface area contributed by atoms with Gasteiger partial charge in [0, 0.05) is 24.7 Å². The Hall–Kier alpha value is -3.86. The highest BCUT2D eigenvalue weighted by Gasteiger charge is 2.40. The summed E-state index contributed by atoms with van der Waals surface area (Å²) < 4.78 is 14.9. The lowest BCUT2D eigenvalue weighted by molar-refractivity contribution is -0.178. The predicted molar refractivity (Wildman–Crippen MR) is 152 cm³/mol. The zero-order valence-electron chi connectivity index (χ0n) is 22.8. The number of aliphatic hydroxyl groups is 1. The van der Waals surface area contributed by atoms with Crippen LogP contribution in [0.1, 0.15) is 56.7 Å². The van der Waals surface area contributed by atoms with Crippen LogP contribution < -0.4 is 10.9 Å². The fourth-order valence-electron chi connectivity index (χ4n) is 5.63. The number of ether oxygens (including phenoxy) is 2. The molecule has 0 unspecified atom stereocenters. The molecular formula is C30H34N6O4.